The Morgan fingerprint density at radius 1 is 1.35 bits per heavy atom. The number of carboxylic acid groups (broad SMARTS) is 1. The van der Waals surface area contributed by atoms with Crippen LogP contribution in [0.25, 0.3) is 0 Å². The van der Waals surface area contributed by atoms with Crippen molar-refractivity contribution in [1.82, 2.24) is 9.88 Å². The molecule has 1 amide bonds. The zero-order valence-corrected chi connectivity index (χ0v) is 12.3. The molecule has 0 radical (unpaired) electrons. The Kier molecular flexibility index (Phi) is 5.23. The minimum atomic E-state index is -4.53. The number of amides is 1. The fourth-order valence-electron chi connectivity index (χ4n) is 2.68. The highest BCUT2D eigenvalue weighted by Crippen LogP contribution is 2.28. The van der Waals surface area contributed by atoms with E-state index >= 15 is 0 Å². The van der Waals surface area contributed by atoms with Gasteiger partial charge in [0, 0.05) is 25.7 Å². The van der Waals surface area contributed by atoms with Crippen LogP contribution in [0, 0.1) is 5.92 Å². The zero-order chi connectivity index (χ0) is 17.0. The standard InChI is InChI=1S/C15H17F3N2O3/c16-15(17,18)12-5-4-11(8-19-12)14(23)20-7-1-2-10(9-20)3-6-13(21)22/h4-5,8,10H,1-3,6-7,9H2,(H,21,22)/t10-/m0/s1. The molecule has 2 rings (SSSR count). The molecule has 1 saturated heterocycles. The van der Waals surface area contributed by atoms with E-state index in [1.807, 2.05) is 0 Å². The third-order valence-corrected chi connectivity index (χ3v) is 3.87. The normalized spacial score (nSPS) is 18.7. The number of aromatic nitrogens is 1. The first kappa shape index (κ1) is 17.2. The number of halogens is 3. The van der Waals surface area contributed by atoms with Crippen LogP contribution in [-0.2, 0) is 11.0 Å². The third kappa shape index (κ3) is 4.67. The van der Waals surface area contributed by atoms with E-state index in [9.17, 15) is 22.8 Å². The van der Waals surface area contributed by atoms with Gasteiger partial charge in [0.1, 0.15) is 5.69 Å². The minimum absolute atomic E-state index is 0.0501. The SMILES string of the molecule is O=C(O)CC[C@@H]1CCCN(C(=O)c2ccc(C(F)(F)F)nc2)C1. The first-order chi connectivity index (χ1) is 10.8. The van der Waals surface area contributed by atoms with Gasteiger partial charge in [-0.2, -0.15) is 13.2 Å². The molecule has 1 aromatic rings. The Morgan fingerprint density at radius 3 is 2.65 bits per heavy atom. The molecule has 0 saturated carbocycles. The maximum absolute atomic E-state index is 12.5. The highest BCUT2D eigenvalue weighted by molar-refractivity contribution is 5.94. The summed E-state index contributed by atoms with van der Waals surface area (Å²) in [7, 11) is 0. The van der Waals surface area contributed by atoms with Crippen LogP contribution in [0.2, 0.25) is 0 Å². The van der Waals surface area contributed by atoms with E-state index < -0.39 is 17.8 Å². The highest BCUT2D eigenvalue weighted by atomic mass is 19.4. The summed E-state index contributed by atoms with van der Waals surface area (Å²) in [6.07, 6.45) is -1.45. The van der Waals surface area contributed by atoms with Gasteiger partial charge < -0.3 is 10.0 Å². The fraction of sp³-hybridized carbons (Fsp3) is 0.533. The summed E-state index contributed by atoms with van der Waals surface area (Å²) in [5.74, 6) is -1.14. The van der Waals surface area contributed by atoms with Crippen molar-refractivity contribution in [3.8, 4) is 0 Å². The molecule has 8 heteroatoms. The van der Waals surface area contributed by atoms with Gasteiger partial charge >= 0.3 is 12.1 Å². The molecule has 5 nitrogen and oxygen atoms in total. The first-order valence-electron chi connectivity index (χ1n) is 7.31. The van der Waals surface area contributed by atoms with Crippen molar-refractivity contribution in [2.24, 2.45) is 5.92 Å². The van der Waals surface area contributed by atoms with E-state index in [1.165, 1.54) is 0 Å². The monoisotopic (exact) mass is 330 g/mol. The maximum atomic E-state index is 12.5. The summed E-state index contributed by atoms with van der Waals surface area (Å²) in [4.78, 5) is 27.8. The van der Waals surface area contributed by atoms with Gasteiger partial charge in [0.25, 0.3) is 5.91 Å². The van der Waals surface area contributed by atoms with Gasteiger partial charge in [-0.3, -0.25) is 14.6 Å². The number of pyridine rings is 1. The molecule has 1 aliphatic heterocycles. The lowest BCUT2D eigenvalue weighted by atomic mass is 9.93. The summed E-state index contributed by atoms with van der Waals surface area (Å²) in [5, 5.41) is 8.71. The predicted octanol–water partition coefficient (Wildman–Crippen LogP) is 2.82. The molecule has 0 aromatic carbocycles. The van der Waals surface area contributed by atoms with Gasteiger partial charge in [-0.15, -0.1) is 0 Å². The Bertz CT molecular complexity index is 572. The third-order valence-electron chi connectivity index (χ3n) is 3.87. The Labute approximate surface area is 131 Å². The van der Waals surface area contributed by atoms with Gasteiger partial charge in [-0.1, -0.05) is 0 Å². The van der Waals surface area contributed by atoms with Crippen LogP contribution in [-0.4, -0.2) is 40.0 Å². The second-order valence-electron chi connectivity index (χ2n) is 5.62. The van der Waals surface area contributed by atoms with Crippen LogP contribution in [0.4, 0.5) is 13.2 Å². The number of alkyl halides is 3. The van der Waals surface area contributed by atoms with Crippen LogP contribution in [0.15, 0.2) is 18.3 Å². The molecule has 1 N–H and O–H groups in total. The van der Waals surface area contributed by atoms with Gasteiger partial charge in [0.15, 0.2) is 0 Å². The zero-order valence-electron chi connectivity index (χ0n) is 12.3. The molecule has 23 heavy (non-hydrogen) atoms. The molecule has 0 unspecified atom stereocenters. The molecule has 1 aliphatic rings. The molecular formula is C15H17F3N2O3. The first-order valence-corrected chi connectivity index (χ1v) is 7.31. The second-order valence-corrected chi connectivity index (χ2v) is 5.62. The lowest BCUT2D eigenvalue weighted by Crippen LogP contribution is -2.40. The Balaban J connectivity index is 2.00. The summed E-state index contributed by atoms with van der Waals surface area (Å²) >= 11 is 0. The van der Waals surface area contributed by atoms with Crippen molar-refractivity contribution < 1.29 is 27.9 Å². The van der Waals surface area contributed by atoms with E-state index in [-0.39, 0.29) is 23.8 Å². The Hall–Kier alpha value is -2.12. The number of aliphatic carboxylic acids is 1. The molecule has 0 bridgehead atoms. The highest BCUT2D eigenvalue weighted by Gasteiger charge is 2.32. The van der Waals surface area contributed by atoms with E-state index in [0.29, 0.717) is 19.5 Å². The van der Waals surface area contributed by atoms with E-state index in [0.717, 1.165) is 31.2 Å². The molecular weight excluding hydrogens is 313 g/mol. The second kappa shape index (κ2) is 6.97. The summed E-state index contributed by atoms with van der Waals surface area (Å²) in [5.41, 5.74) is -0.927. The minimum Gasteiger partial charge on any atom is -0.481 e. The smallest absolute Gasteiger partial charge is 0.433 e. The lowest BCUT2D eigenvalue weighted by Gasteiger charge is -2.32. The van der Waals surface area contributed by atoms with E-state index in [2.05, 4.69) is 4.98 Å². The number of rotatable bonds is 4. The van der Waals surface area contributed by atoms with Crippen molar-refractivity contribution >= 4 is 11.9 Å². The van der Waals surface area contributed by atoms with Crippen LogP contribution in [0.3, 0.4) is 0 Å². The molecule has 126 valence electrons. The number of carbonyl (C=O) groups is 2. The average Bonchev–Trinajstić information content (AvgIpc) is 2.52. The summed E-state index contributed by atoms with van der Waals surface area (Å²) in [6.45, 7) is 0.941. The molecule has 0 spiro atoms. The molecule has 1 atom stereocenters. The van der Waals surface area contributed by atoms with Crippen LogP contribution in [0.5, 0.6) is 0 Å². The topological polar surface area (TPSA) is 70.5 Å². The lowest BCUT2D eigenvalue weighted by molar-refractivity contribution is -0.141. The molecule has 0 aliphatic carbocycles. The van der Waals surface area contributed by atoms with Crippen molar-refractivity contribution in [3.63, 3.8) is 0 Å². The summed E-state index contributed by atoms with van der Waals surface area (Å²) < 4.78 is 37.4. The number of hydrogen-bond donors (Lipinski definition) is 1. The molecule has 1 fully saturated rings. The molecule has 2 heterocycles. The van der Waals surface area contributed by atoms with Crippen LogP contribution in [0.1, 0.15) is 41.7 Å². The fourth-order valence-corrected chi connectivity index (χ4v) is 2.68. The quantitative estimate of drug-likeness (QED) is 0.921. The number of likely N-dealkylation sites (tertiary alicyclic amines) is 1. The number of nitrogens with zero attached hydrogens (tertiary/aromatic N) is 2. The summed E-state index contributed by atoms with van der Waals surface area (Å²) in [6, 6.07) is 1.91. The van der Waals surface area contributed by atoms with Crippen molar-refractivity contribution in [2.75, 3.05) is 13.1 Å². The van der Waals surface area contributed by atoms with Gasteiger partial charge in [0.05, 0.1) is 5.56 Å². The largest absolute Gasteiger partial charge is 0.481 e. The number of hydrogen-bond acceptors (Lipinski definition) is 3. The number of carboxylic acids is 1. The van der Waals surface area contributed by atoms with Gasteiger partial charge in [0.2, 0.25) is 0 Å². The van der Waals surface area contributed by atoms with Gasteiger partial charge in [-0.25, -0.2) is 0 Å². The predicted molar refractivity (Wildman–Crippen MR) is 74.7 cm³/mol. The van der Waals surface area contributed by atoms with Crippen molar-refractivity contribution in [3.05, 3.63) is 29.6 Å². The molecule has 1 aromatic heterocycles. The number of carbonyl (C=O) groups excluding carboxylic acids is 1. The number of piperidine rings is 1. The van der Waals surface area contributed by atoms with Crippen LogP contribution < -0.4 is 0 Å². The maximum Gasteiger partial charge on any atom is 0.433 e. The van der Waals surface area contributed by atoms with Crippen LogP contribution >= 0.6 is 0 Å². The van der Waals surface area contributed by atoms with E-state index in [4.69, 9.17) is 5.11 Å². The van der Waals surface area contributed by atoms with E-state index in [1.54, 1.807) is 4.90 Å². The average molecular weight is 330 g/mol. The van der Waals surface area contributed by atoms with Gasteiger partial charge in [-0.05, 0) is 37.3 Å². The van der Waals surface area contributed by atoms with Crippen molar-refractivity contribution in [1.29, 1.82) is 0 Å². The Morgan fingerprint density at radius 2 is 2.09 bits per heavy atom. The van der Waals surface area contributed by atoms with Crippen molar-refractivity contribution in [2.45, 2.75) is 31.9 Å².